The fraction of sp³-hybridized carbons (Fsp3) is 0.280. The third-order valence-electron chi connectivity index (χ3n) is 4.73. The maximum Gasteiger partial charge on any atom is 0.410 e. The van der Waals surface area contributed by atoms with Crippen molar-refractivity contribution in [3.05, 3.63) is 79.0 Å². The minimum Gasteiger partial charge on any atom is -0.490 e. The van der Waals surface area contributed by atoms with Crippen molar-refractivity contribution in [3.8, 4) is 17.0 Å². The second-order valence-corrected chi connectivity index (χ2v) is 10.6. The van der Waals surface area contributed by atoms with Gasteiger partial charge >= 0.3 is 6.09 Å². The molecular formula is C25H28FN3O5S. The molecule has 186 valence electrons. The summed E-state index contributed by atoms with van der Waals surface area (Å²) < 4.78 is 53.7. The van der Waals surface area contributed by atoms with Gasteiger partial charge in [-0.3, -0.25) is 0 Å². The SMILES string of the molecule is C=CCOc1cccc(S(=O)(=O)n2cc(CN(C)C(=O)OC(C)(C)C)cc2-c2cccnc2F)c1. The van der Waals surface area contributed by atoms with Crippen LogP contribution in [-0.2, 0) is 21.3 Å². The van der Waals surface area contributed by atoms with E-state index in [-0.39, 0.29) is 29.3 Å². The number of aromatic nitrogens is 2. The lowest BCUT2D eigenvalue weighted by molar-refractivity contribution is 0.0285. The van der Waals surface area contributed by atoms with Gasteiger partial charge in [-0.2, -0.15) is 4.39 Å². The Hall–Kier alpha value is -3.66. The average molecular weight is 502 g/mol. The summed E-state index contributed by atoms with van der Waals surface area (Å²) in [6.45, 7) is 9.07. The second kappa shape index (κ2) is 10.3. The van der Waals surface area contributed by atoms with E-state index in [1.54, 1.807) is 39.0 Å². The number of amides is 1. The van der Waals surface area contributed by atoms with E-state index >= 15 is 0 Å². The summed E-state index contributed by atoms with van der Waals surface area (Å²) in [5.41, 5.74) is -0.162. The van der Waals surface area contributed by atoms with E-state index in [0.29, 0.717) is 11.3 Å². The Morgan fingerprint density at radius 1 is 1.23 bits per heavy atom. The van der Waals surface area contributed by atoms with Gasteiger partial charge in [0.25, 0.3) is 10.0 Å². The van der Waals surface area contributed by atoms with Crippen LogP contribution in [0.2, 0.25) is 0 Å². The Morgan fingerprint density at radius 2 is 1.97 bits per heavy atom. The number of pyridine rings is 1. The molecule has 0 saturated heterocycles. The Kier molecular flexibility index (Phi) is 7.64. The van der Waals surface area contributed by atoms with E-state index in [0.717, 1.165) is 3.97 Å². The Balaban J connectivity index is 2.06. The number of hydrogen-bond acceptors (Lipinski definition) is 6. The van der Waals surface area contributed by atoms with Gasteiger partial charge in [-0.05, 0) is 56.7 Å². The molecule has 35 heavy (non-hydrogen) atoms. The standard InChI is InChI=1S/C25H28FN3O5S/c1-6-13-33-19-9-7-10-20(15-19)35(31,32)29-17-18(16-28(5)24(30)34-25(2,3)4)14-22(29)21-11-8-12-27-23(21)26/h6-12,14-15,17H,1,13,16H2,2-5H3. The van der Waals surface area contributed by atoms with Crippen molar-refractivity contribution in [1.29, 1.82) is 0 Å². The molecule has 0 aliphatic rings. The predicted octanol–water partition coefficient (Wildman–Crippen LogP) is 4.86. The molecule has 2 aromatic heterocycles. The summed E-state index contributed by atoms with van der Waals surface area (Å²) in [4.78, 5) is 17.3. The van der Waals surface area contributed by atoms with Gasteiger partial charge < -0.3 is 14.4 Å². The first-order valence-electron chi connectivity index (χ1n) is 10.8. The van der Waals surface area contributed by atoms with Crippen LogP contribution in [-0.4, -0.2) is 47.6 Å². The van der Waals surface area contributed by atoms with Crippen LogP contribution in [0.25, 0.3) is 11.3 Å². The highest BCUT2D eigenvalue weighted by atomic mass is 32.2. The largest absolute Gasteiger partial charge is 0.490 e. The molecule has 0 saturated carbocycles. The molecule has 10 heteroatoms. The molecule has 2 heterocycles. The molecule has 0 N–H and O–H groups in total. The van der Waals surface area contributed by atoms with Crippen LogP contribution in [0.3, 0.4) is 0 Å². The van der Waals surface area contributed by atoms with Crippen molar-refractivity contribution in [2.24, 2.45) is 0 Å². The molecule has 1 amide bonds. The maximum absolute atomic E-state index is 14.6. The molecule has 8 nitrogen and oxygen atoms in total. The minimum absolute atomic E-state index is 0.00121. The fourth-order valence-corrected chi connectivity index (χ4v) is 4.65. The van der Waals surface area contributed by atoms with Crippen LogP contribution in [0, 0.1) is 5.95 Å². The minimum atomic E-state index is -4.16. The first-order chi connectivity index (χ1) is 16.4. The molecule has 0 bridgehead atoms. The molecule has 0 radical (unpaired) electrons. The van der Waals surface area contributed by atoms with Crippen LogP contribution in [0.15, 0.2) is 72.4 Å². The summed E-state index contributed by atoms with van der Waals surface area (Å²) in [7, 11) is -2.63. The number of carbonyl (C=O) groups excluding carboxylic acids is 1. The quantitative estimate of drug-likeness (QED) is 0.324. The van der Waals surface area contributed by atoms with Gasteiger partial charge in [0.2, 0.25) is 5.95 Å². The van der Waals surface area contributed by atoms with E-state index in [4.69, 9.17) is 9.47 Å². The van der Waals surface area contributed by atoms with Crippen LogP contribution in [0.5, 0.6) is 5.75 Å². The molecule has 0 aliphatic heterocycles. The number of halogens is 1. The third-order valence-corrected chi connectivity index (χ3v) is 6.40. The zero-order chi connectivity index (χ0) is 25.8. The van der Waals surface area contributed by atoms with Crippen molar-refractivity contribution in [2.45, 2.75) is 37.8 Å². The first-order valence-corrected chi connectivity index (χ1v) is 12.2. The molecule has 0 aliphatic carbocycles. The highest BCUT2D eigenvalue weighted by Gasteiger charge is 2.26. The first kappa shape index (κ1) is 26.0. The lowest BCUT2D eigenvalue weighted by Crippen LogP contribution is -2.33. The maximum atomic E-state index is 14.6. The number of hydrogen-bond donors (Lipinski definition) is 0. The topological polar surface area (TPSA) is 90.7 Å². The van der Waals surface area contributed by atoms with Crippen LogP contribution in [0.1, 0.15) is 26.3 Å². The van der Waals surface area contributed by atoms with Gasteiger partial charge in [-0.1, -0.05) is 18.7 Å². The zero-order valence-electron chi connectivity index (χ0n) is 20.1. The normalized spacial score (nSPS) is 11.7. The summed E-state index contributed by atoms with van der Waals surface area (Å²) in [6, 6.07) is 10.4. The Morgan fingerprint density at radius 3 is 2.63 bits per heavy atom. The summed E-state index contributed by atoms with van der Waals surface area (Å²) >= 11 is 0. The van der Waals surface area contributed by atoms with Crippen LogP contribution >= 0.6 is 0 Å². The van der Waals surface area contributed by atoms with Crippen molar-refractivity contribution in [3.63, 3.8) is 0 Å². The van der Waals surface area contributed by atoms with E-state index in [9.17, 15) is 17.6 Å². The lowest BCUT2D eigenvalue weighted by atomic mass is 10.2. The van der Waals surface area contributed by atoms with Gasteiger partial charge in [0.1, 0.15) is 18.0 Å². The molecule has 0 spiro atoms. The molecule has 1 aromatic carbocycles. The molecule has 3 aromatic rings. The Labute approximate surface area is 204 Å². The summed E-state index contributed by atoms with van der Waals surface area (Å²) in [5, 5.41) is 0. The lowest BCUT2D eigenvalue weighted by Gasteiger charge is -2.24. The van der Waals surface area contributed by atoms with Crippen LogP contribution in [0.4, 0.5) is 9.18 Å². The van der Waals surface area contributed by atoms with E-state index < -0.39 is 27.7 Å². The number of ether oxygens (including phenoxy) is 2. The highest BCUT2D eigenvalue weighted by Crippen LogP contribution is 2.30. The predicted molar refractivity (Wildman–Crippen MR) is 130 cm³/mol. The average Bonchev–Trinajstić information content (AvgIpc) is 3.21. The van der Waals surface area contributed by atoms with E-state index in [1.165, 1.54) is 54.7 Å². The molecule has 0 unspecified atom stereocenters. The fourth-order valence-electron chi connectivity index (χ4n) is 3.23. The van der Waals surface area contributed by atoms with Crippen molar-refractivity contribution < 1.29 is 27.1 Å². The molecule has 3 rings (SSSR count). The number of rotatable bonds is 8. The van der Waals surface area contributed by atoms with Crippen molar-refractivity contribution in [1.82, 2.24) is 13.9 Å². The second-order valence-electron chi connectivity index (χ2n) is 8.79. The highest BCUT2D eigenvalue weighted by molar-refractivity contribution is 7.90. The van der Waals surface area contributed by atoms with E-state index in [1.807, 2.05) is 0 Å². The zero-order valence-corrected chi connectivity index (χ0v) is 20.9. The third kappa shape index (κ3) is 6.27. The van der Waals surface area contributed by atoms with Gasteiger partial charge in [-0.25, -0.2) is 22.2 Å². The molecular weight excluding hydrogens is 473 g/mol. The monoisotopic (exact) mass is 501 g/mol. The van der Waals surface area contributed by atoms with Crippen molar-refractivity contribution >= 4 is 16.1 Å². The number of carbonyl (C=O) groups is 1. The van der Waals surface area contributed by atoms with Gasteiger partial charge in [0.15, 0.2) is 0 Å². The Bertz CT molecular complexity index is 1330. The number of benzene rings is 1. The molecule has 0 atom stereocenters. The smallest absolute Gasteiger partial charge is 0.410 e. The van der Waals surface area contributed by atoms with Gasteiger partial charge in [0, 0.05) is 25.5 Å². The summed E-state index contributed by atoms with van der Waals surface area (Å²) in [5.74, 6) is -0.478. The van der Waals surface area contributed by atoms with E-state index in [2.05, 4.69) is 11.6 Å². The van der Waals surface area contributed by atoms with Gasteiger partial charge in [0.05, 0.1) is 22.7 Å². The van der Waals surface area contributed by atoms with Gasteiger partial charge in [-0.15, -0.1) is 0 Å². The van der Waals surface area contributed by atoms with Crippen molar-refractivity contribution in [2.75, 3.05) is 13.7 Å². The molecule has 0 fully saturated rings. The van der Waals surface area contributed by atoms with Crippen LogP contribution < -0.4 is 4.74 Å². The number of nitrogens with zero attached hydrogens (tertiary/aromatic N) is 3. The summed E-state index contributed by atoms with van der Waals surface area (Å²) in [6.07, 6.45) is 3.60.